The average Bonchev–Trinajstić information content (AvgIpc) is 2.98. The number of amides is 1. The SMILES string of the molecule is O=C1N(C23CC4CC(CC(C4)C2)C3)C(=S)NC1(Cc1ccncc1)Cc1ccncc1. The molecule has 5 fully saturated rings. The van der Waals surface area contributed by atoms with Gasteiger partial charge in [0.25, 0.3) is 5.91 Å². The second kappa shape index (κ2) is 7.09. The molecular weight excluding hydrogens is 404 g/mol. The standard InChI is InChI=1S/C25H28N4OS/c30-22-25(15-17-1-5-26-6-2-17,16-18-3-7-27-8-4-18)28-23(31)29(22)24-12-19-9-20(13-24)11-21(10-19)14-24/h1-8,19-21H,9-16H2,(H,28,31). The van der Waals surface area contributed by atoms with E-state index in [-0.39, 0.29) is 11.4 Å². The first-order valence-electron chi connectivity index (χ1n) is 11.5. The Morgan fingerprint density at radius 3 is 1.77 bits per heavy atom. The first-order chi connectivity index (χ1) is 15.1. The van der Waals surface area contributed by atoms with Crippen molar-refractivity contribution in [3.8, 4) is 0 Å². The number of hydrogen-bond acceptors (Lipinski definition) is 4. The van der Waals surface area contributed by atoms with Crippen molar-refractivity contribution in [1.29, 1.82) is 0 Å². The lowest BCUT2D eigenvalue weighted by Gasteiger charge is -2.59. The lowest BCUT2D eigenvalue weighted by atomic mass is 9.52. The van der Waals surface area contributed by atoms with Gasteiger partial charge in [-0.05, 0) is 104 Å². The molecule has 1 saturated heterocycles. The Balaban J connectivity index is 1.38. The van der Waals surface area contributed by atoms with Crippen LogP contribution in [0.2, 0.25) is 0 Å². The molecule has 160 valence electrons. The summed E-state index contributed by atoms with van der Waals surface area (Å²) in [5, 5.41) is 4.19. The third-order valence-electron chi connectivity index (χ3n) is 8.15. The smallest absolute Gasteiger partial charge is 0.255 e. The predicted molar refractivity (Wildman–Crippen MR) is 122 cm³/mol. The summed E-state index contributed by atoms with van der Waals surface area (Å²) in [6.45, 7) is 0. The fourth-order valence-electron chi connectivity index (χ4n) is 7.39. The summed E-state index contributed by atoms with van der Waals surface area (Å²) >= 11 is 5.90. The topological polar surface area (TPSA) is 58.1 Å². The van der Waals surface area contributed by atoms with Gasteiger partial charge in [-0.2, -0.15) is 0 Å². The molecule has 4 aliphatic carbocycles. The maximum absolute atomic E-state index is 14.3. The zero-order valence-corrected chi connectivity index (χ0v) is 18.5. The number of pyridine rings is 2. The molecule has 4 bridgehead atoms. The molecule has 31 heavy (non-hydrogen) atoms. The van der Waals surface area contributed by atoms with E-state index < -0.39 is 5.54 Å². The fraction of sp³-hybridized carbons (Fsp3) is 0.520. The van der Waals surface area contributed by atoms with Crippen LogP contribution in [0.1, 0.15) is 49.7 Å². The molecule has 1 amide bonds. The third-order valence-corrected chi connectivity index (χ3v) is 8.44. The van der Waals surface area contributed by atoms with Crippen LogP contribution in [0.3, 0.4) is 0 Å². The zero-order valence-electron chi connectivity index (χ0n) is 17.7. The summed E-state index contributed by atoms with van der Waals surface area (Å²) in [5.41, 5.74) is 1.36. The van der Waals surface area contributed by atoms with Crippen molar-refractivity contribution in [3.05, 3.63) is 60.2 Å². The first-order valence-corrected chi connectivity index (χ1v) is 11.9. The van der Waals surface area contributed by atoms with Gasteiger partial charge in [0.15, 0.2) is 5.11 Å². The second-order valence-corrected chi connectivity index (χ2v) is 10.7. The summed E-state index contributed by atoms with van der Waals surface area (Å²) in [6, 6.07) is 8.00. The van der Waals surface area contributed by atoms with Gasteiger partial charge in [-0.15, -0.1) is 0 Å². The van der Waals surface area contributed by atoms with E-state index in [1.165, 1.54) is 19.3 Å². The molecule has 4 saturated carbocycles. The lowest BCUT2D eigenvalue weighted by Crippen LogP contribution is -2.62. The molecule has 3 heterocycles. The second-order valence-electron chi connectivity index (χ2n) is 10.4. The van der Waals surface area contributed by atoms with Crippen molar-refractivity contribution >= 4 is 23.2 Å². The highest BCUT2D eigenvalue weighted by atomic mass is 32.1. The van der Waals surface area contributed by atoms with Gasteiger partial charge in [-0.25, -0.2) is 0 Å². The molecular formula is C25H28N4OS. The quantitative estimate of drug-likeness (QED) is 0.731. The van der Waals surface area contributed by atoms with E-state index in [9.17, 15) is 4.79 Å². The number of carbonyl (C=O) groups is 1. The summed E-state index contributed by atoms with van der Waals surface area (Å²) in [5.74, 6) is 2.44. The first kappa shape index (κ1) is 19.4. The van der Waals surface area contributed by atoms with Gasteiger partial charge in [-0.1, -0.05) is 0 Å². The summed E-state index contributed by atoms with van der Waals surface area (Å²) < 4.78 is 0. The van der Waals surface area contributed by atoms with Crippen LogP contribution in [0.25, 0.3) is 0 Å². The molecule has 0 atom stereocenters. The van der Waals surface area contributed by atoms with Gasteiger partial charge >= 0.3 is 0 Å². The van der Waals surface area contributed by atoms with Crippen LogP contribution in [0.4, 0.5) is 0 Å². The molecule has 0 radical (unpaired) electrons. The number of hydrogen-bond donors (Lipinski definition) is 1. The Labute approximate surface area is 188 Å². The van der Waals surface area contributed by atoms with Gasteiger partial charge in [0, 0.05) is 37.6 Å². The molecule has 1 aliphatic heterocycles. The molecule has 6 heteroatoms. The maximum Gasteiger partial charge on any atom is 0.255 e. The van der Waals surface area contributed by atoms with Crippen LogP contribution in [-0.4, -0.2) is 37.0 Å². The fourth-order valence-corrected chi connectivity index (χ4v) is 7.86. The molecule has 0 unspecified atom stereocenters. The van der Waals surface area contributed by atoms with E-state index in [2.05, 4.69) is 20.2 Å². The number of thiocarbonyl (C=S) groups is 1. The Morgan fingerprint density at radius 2 is 1.32 bits per heavy atom. The summed E-state index contributed by atoms with van der Waals surface area (Å²) in [6.07, 6.45) is 15.8. The third kappa shape index (κ3) is 3.18. The molecule has 2 aromatic rings. The molecule has 5 aliphatic rings. The molecule has 2 aromatic heterocycles. The minimum absolute atomic E-state index is 0.0752. The van der Waals surface area contributed by atoms with E-state index >= 15 is 0 Å². The number of rotatable bonds is 5. The monoisotopic (exact) mass is 432 g/mol. The Morgan fingerprint density at radius 1 is 0.871 bits per heavy atom. The minimum Gasteiger partial charge on any atom is -0.347 e. The van der Waals surface area contributed by atoms with Crippen molar-refractivity contribution in [1.82, 2.24) is 20.2 Å². The highest BCUT2D eigenvalue weighted by molar-refractivity contribution is 7.80. The molecule has 0 spiro atoms. The van der Waals surface area contributed by atoms with Crippen LogP contribution in [-0.2, 0) is 17.6 Å². The van der Waals surface area contributed by atoms with Crippen LogP contribution < -0.4 is 5.32 Å². The number of aromatic nitrogens is 2. The largest absolute Gasteiger partial charge is 0.347 e. The Hall–Kier alpha value is -2.34. The van der Waals surface area contributed by atoms with E-state index in [1.807, 2.05) is 24.3 Å². The van der Waals surface area contributed by atoms with Crippen LogP contribution >= 0.6 is 12.2 Å². The van der Waals surface area contributed by atoms with Crippen molar-refractivity contribution < 1.29 is 4.79 Å². The Kier molecular flexibility index (Phi) is 4.43. The predicted octanol–water partition coefficient (Wildman–Crippen LogP) is 3.69. The highest BCUT2D eigenvalue weighted by Crippen LogP contribution is 2.58. The van der Waals surface area contributed by atoms with Crippen molar-refractivity contribution in [3.63, 3.8) is 0 Å². The van der Waals surface area contributed by atoms with Gasteiger partial charge in [0.05, 0.1) is 5.54 Å². The normalized spacial score (nSPS) is 33.0. The summed E-state index contributed by atoms with van der Waals surface area (Å²) in [4.78, 5) is 24.7. The lowest BCUT2D eigenvalue weighted by molar-refractivity contribution is -0.143. The van der Waals surface area contributed by atoms with Crippen LogP contribution in [0, 0.1) is 17.8 Å². The number of nitrogens with one attached hydrogen (secondary N) is 1. The van der Waals surface area contributed by atoms with Crippen LogP contribution in [0.5, 0.6) is 0 Å². The molecule has 0 aromatic carbocycles. The highest BCUT2D eigenvalue weighted by Gasteiger charge is 2.61. The molecule has 7 rings (SSSR count). The van der Waals surface area contributed by atoms with E-state index in [1.54, 1.807) is 24.8 Å². The van der Waals surface area contributed by atoms with Gasteiger partial charge in [0.2, 0.25) is 0 Å². The number of carbonyl (C=O) groups excluding carboxylic acids is 1. The van der Waals surface area contributed by atoms with E-state index in [4.69, 9.17) is 12.2 Å². The number of nitrogens with zero attached hydrogens (tertiary/aromatic N) is 3. The minimum atomic E-state index is -0.761. The zero-order chi connectivity index (χ0) is 21.1. The van der Waals surface area contributed by atoms with Gasteiger partial charge in [-0.3, -0.25) is 19.7 Å². The maximum atomic E-state index is 14.3. The molecule has 5 nitrogen and oxygen atoms in total. The van der Waals surface area contributed by atoms with Crippen molar-refractivity contribution in [2.75, 3.05) is 0 Å². The Bertz CT molecular complexity index is 932. The van der Waals surface area contributed by atoms with Gasteiger partial charge in [0.1, 0.15) is 5.54 Å². The van der Waals surface area contributed by atoms with Crippen LogP contribution in [0.15, 0.2) is 49.1 Å². The van der Waals surface area contributed by atoms with Gasteiger partial charge < -0.3 is 5.32 Å². The average molecular weight is 433 g/mol. The van der Waals surface area contributed by atoms with E-state index in [0.717, 1.165) is 48.1 Å². The van der Waals surface area contributed by atoms with Crippen molar-refractivity contribution in [2.45, 2.75) is 62.4 Å². The summed E-state index contributed by atoms with van der Waals surface area (Å²) in [7, 11) is 0. The molecule has 1 N–H and O–H groups in total. The van der Waals surface area contributed by atoms with E-state index in [0.29, 0.717) is 18.0 Å². The van der Waals surface area contributed by atoms with Crippen molar-refractivity contribution in [2.24, 2.45) is 17.8 Å².